The van der Waals surface area contributed by atoms with E-state index in [0.717, 1.165) is 13.1 Å². The number of rotatable bonds is 6. The van der Waals surface area contributed by atoms with Gasteiger partial charge in [0.15, 0.2) is 0 Å². The standard InChI is InChI=1S/C14H27NO2S/c1-5-15(9-10-18(4,16)17)11-14-12(2)7-6-8-13(14)3/h7,13-14H,5-6,8-11H2,1-4H3/t13-,14-/m0/s1. The topological polar surface area (TPSA) is 37.4 Å². The van der Waals surface area contributed by atoms with Crippen LogP contribution in [0.15, 0.2) is 11.6 Å². The lowest BCUT2D eigenvalue weighted by Gasteiger charge is -2.33. The second kappa shape index (κ2) is 6.71. The first-order chi connectivity index (χ1) is 8.33. The van der Waals surface area contributed by atoms with E-state index >= 15 is 0 Å². The first-order valence-corrected chi connectivity index (χ1v) is 8.96. The van der Waals surface area contributed by atoms with Gasteiger partial charge in [-0.1, -0.05) is 25.5 Å². The highest BCUT2D eigenvalue weighted by molar-refractivity contribution is 7.90. The molecule has 4 heteroatoms. The number of hydrogen-bond donors (Lipinski definition) is 0. The van der Waals surface area contributed by atoms with Gasteiger partial charge >= 0.3 is 0 Å². The minimum Gasteiger partial charge on any atom is -0.302 e. The minimum atomic E-state index is -2.85. The predicted octanol–water partition coefficient (Wildman–Crippen LogP) is 2.35. The third-order valence-electron chi connectivity index (χ3n) is 4.04. The molecule has 0 aromatic heterocycles. The van der Waals surface area contributed by atoms with Gasteiger partial charge in [0, 0.05) is 19.3 Å². The molecule has 3 nitrogen and oxygen atoms in total. The minimum absolute atomic E-state index is 0.269. The van der Waals surface area contributed by atoms with Crippen LogP contribution in [0.1, 0.15) is 33.6 Å². The summed E-state index contributed by atoms with van der Waals surface area (Å²) < 4.78 is 22.5. The van der Waals surface area contributed by atoms with E-state index in [1.165, 1.54) is 24.7 Å². The normalized spacial score (nSPS) is 25.3. The summed E-state index contributed by atoms with van der Waals surface area (Å²) in [4.78, 5) is 2.27. The van der Waals surface area contributed by atoms with Crippen molar-refractivity contribution in [2.45, 2.75) is 33.6 Å². The Bertz CT molecular complexity index is 387. The average Bonchev–Trinajstić information content (AvgIpc) is 2.26. The van der Waals surface area contributed by atoms with Crippen LogP contribution < -0.4 is 0 Å². The highest BCUT2D eigenvalue weighted by Gasteiger charge is 2.24. The molecule has 0 spiro atoms. The Morgan fingerprint density at radius 3 is 2.61 bits per heavy atom. The third kappa shape index (κ3) is 5.11. The summed E-state index contributed by atoms with van der Waals surface area (Å²) in [5.74, 6) is 1.57. The van der Waals surface area contributed by atoms with Gasteiger partial charge in [0.2, 0.25) is 0 Å². The molecule has 0 aliphatic heterocycles. The van der Waals surface area contributed by atoms with Gasteiger partial charge in [-0.15, -0.1) is 0 Å². The molecular formula is C14H27NO2S. The Morgan fingerprint density at radius 2 is 2.11 bits per heavy atom. The molecule has 1 aliphatic rings. The SMILES string of the molecule is CCN(CCS(C)(=O)=O)C[C@H]1C(C)=CCC[C@@H]1C. The number of sulfone groups is 1. The molecule has 0 heterocycles. The van der Waals surface area contributed by atoms with Gasteiger partial charge in [-0.25, -0.2) is 8.42 Å². The summed E-state index contributed by atoms with van der Waals surface area (Å²) >= 11 is 0. The molecule has 0 saturated carbocycles. The van der Waals surface area contributed by atoms with Crippen molar-refractivity contribution >= 4 is 9.84 Å². The molecule has 0 radical (unpaired) electrons. The van der Waals surface area contributed by atoms with Crippen LogP contribution in [0.4, 0.5) is 0 Å². The van der Waals surface area contributed by atoms with E-state index in [2.05, 4.69) is 31.7 Å². The fourth-order valence-electron chi connectivity index (χ4n) is 2.65. The van der Waals surface area contributed by atoms with E-state index in [1.54, 1.807) is 0 Å². The van der Waals surface area contributed by atoms with Crippen LogP contribution in [0.3, 0.4) is 0 Å². The van der Waals surface area contributed by atoms with Crippen LogP contribution in [0.25, 0.3) is 0 Å². The zero-order valence-electron chi connectivity index (χ0n) is 12.1. The lowest BCUT2D eigenvalue weighted by atomic mass is 9.80. The van der Waals surface area contributed by atoms with E-state index in [4.69, 9.17) is 0 Å². The Hall–Kier alpha value is -0.350. The maximum absolute atomic E-state index is 11.2. The molecule has 106 valence electrons. The first-order valence-electron chi connectivity index (χ1n) is 6.90. The fourth-order valence-corrected chi connectivity index (χ4v) is 3.24. The van der Waals surface area contributed by atoms with Gasteiger partial charge in [0.05, 0.1) is 5.75 Å². The Balaban J connectivity index is 2.56. The second-order valence-electron chi connectivity index (χ2n) is 5.63. The Kier molecular flexibility index (Phi) is 5.86. The Morgan fingerprint density at radius 1 is 1.44 bits per heavy atom. The molecule has 0 fully saturated rings. The smallest absolute Gasteiger partial charge is 0.148 e. The zero-order valence-corrected chi connectivity index (χ0v) is 13.0. The summed E-state index contributed by atoms with van der Waals surface area (Å²) in [7, 11) is -2.85. The van der Waals surface area contributed by atoms with Crippen molar-refractivity contribution in [1.29, 1.82) is 0 Å². The highest BCUT2D eigenvalue weighted by atomic mass is 32.2. The summed E-state index contributed by atoms with van der Waals surface area (Å²) in [6, 6.07) is 0. The van der Waals surface area contributed by atoms with Crippen molar-refractivity contribution in [3.05, 3.63) is 11.6 Å². The molecule has 0 unspecified atom stereocenters. The molecule has 1 aliphatic carbocycles. The molecule has 0 aromatic carbocycles. The van der Waals surface area contributed by atoms with Crippen LogP contribution in [-0.2, 0) is 9.84 Å². The summed E-state index contributed by atoms with van der Waals surface area (Å²) in [5.41, 5.74) is 1.48. The van der Waals surface area contributed by atoms with E-state index in [1.807, 2.05) is 0 Å². The van der Waals surface area contributed by atoms with Crippen molar-refractivity contribution in [1.82, 2.24) is 4.90 Å². The van der Waals surface area contributed by atoms with Gasteiger partial charge in [-0.2, -0.15) is 0 Å². The quantitative estimate of drug-likeness (QED) is 0.697. The van der Waals surface area contributed by atoms with Gasteiger partial charge in [-0.3, -0.25) is 0 Å². The monoisotopic (exact) mass is 273 g/mol. The lowest BCUT2D eigenvalue weighted by Crippen LogP contribution is -2.36. The molecule has 0 bridgehead atoms. The molecule has 0 aromatic rings. The van der Waals surface area contributed by atoms with Crippen molar-refractivity contribution in [3.63, 3.8) is 0 Å². The van der Waals surface area contributed by atoms with Gasteiger partial charge in [0.25, 0.3) is 0 Å². The Labute approximate surface area is 112 Å². The predicted molar refractivity (Wildman–Crippen MR) is 77.5 cm³/mol. The van der Waals surface area contributed by atoms with Crippen molar-refractivity contribution in [2.75, 3.05) is 31.6 Å². The average molecular weight is 273 g/mol. The summed E-state index contributed by atoms with van der Waals surface area (Å²) in [6.45, 7) is 9.21. The van der Waals surface area contributed by atoms with Crippen LogP contribution in [0.5, 0.6) is 0 Å². The number of hydrogen-bond acceptors (Lipinski definition) is 3. The summed E-state index contributed by atoms with van der Waals surface area (Å²) in [6.07, 6.45) is 6.11. The van der Waals surface area contributed by atoms with E-state index in [-0.39, 0.29) is 5.75 Å². The first kappa shape index (κ1) is 15.7. The third-order valence-corrected chi connectivity index (χ3v) is 4.96. The zero-order chi connectivity index (χ0) is 13.8. The maximum atomic E-state index is 11.2. The van der Waals surface area contributed by atoms with Crippen molar-refractivity contribution < 1.29 is 8.42 Å². The highest BCUT2D eigenvalue weighted by Crippen LogP contribution is 2.30. The molecule has 2 atom stereocenters. The lowest BCUT2D eigenvalue weighted by molar-refractivity contribution is 0.222. The van der Waals surface area contributed by atoms with Gasteiger partial charge in [-0.05, 0) is 38.1 Å². The maximum Gasteiger partial charge on any atom is 0.148 e. The molecule has 0 N–H and O–H groups in total. The van der Waals surface area contributed by atoms with Crippen molar-refractivity contribution in [3.8, 4) is 0 Å². The molecule has 0 saturated heterocycles. The van der Waals surface area contributed by atoms with Gasteiger partial charge < -0.3 is 4.90 Å². The van der Waals surface area contributed by atoms with E-state index in [9.17, 15) is 8.42 Å². The van der Waals surface area contributed by atoms with Crippen LogP contribution in [-0.4, -0.2) is 45.0 Å². The van der Waals surface area contributed by atoms with Crippen LogP contribution >= 0.6 is 0 Å². The number of nitrogens with zero attached hydrogens (tertiary/aromatic N) is 1. The fraction of sp³-hybridized carbons (Fsp3) is 0.857. The molecule has 0 amide bonds. The van der Waals surface area contributed by atoms with E-state index < -0.39 is 9.84 Å². The summed E-state index contributed by atoms with van der Waals surface area (Å²) in [5, 5.41) is 0. The van der Waals surface area contributed by atoms with Crippen LogP contribution in [0, 0.1) is 11.8 Å². The molecule has 1 rings (SSSR count). The van der Waals surface area contributed by atoms with Gasteiger partial charge in [0.1, 0.15) is 9.84 Å². The molecular weight excluding hydrogens is 246 g/mol. The van der Waals surface area contributed by atoms with Crippen molar-refractivity contribution in [2.24, 2.45) is 11.8 Å². The molecule has 18 heavy (non-hydrogen) atoms. The second-order valence-corrected chi connectivity index (χ2v) is 7.89. The number of allylic oxidation sites excluding steroid dienone is 1. The largest absolute Gasteiger partial charge is 0.302 e. The van der Waals surface area contributed by atoms with Crippen LogP contribution in [0.2, 0.25) is 0 Å². The van der Waals surface area contributed by atoms with E-state index in [0.29, 0.717) is 18.4 Å².